The molecule has 2 rings (SSSR count). The van der Waals surface area contributed by atoms with Crippen molar-refractivity contribution in [2.45, 2.75) is 13.7 Å². The van der Waals surface area contributed by atoms with Crippen molar-refractivity contribution in [3.05, 3.63) is 56.2 Å². The molecule has 5 nitrogen and oxygen atoms in total. The van der Waals surface area contributed by atoms with E-state index in [9.17, 15) is 9.59 Å². The third-order valence-electron chi connectivity index (χ3n) is 2.53. The Morgan fingerprint density at radius 2 is 2.21 bits per heavy atom. The topological polar surface area (TPSA) is 64.1 Å². The van der Waals surface area contributed by atoms with Crippen molar-refractivity contribution in [3.63, 3.8) is 0 Å². The van der Waals surface area contributed by atoms with Gasteiger partial charge in [0.2, 0.25) is 0 Å². The summed E-state index contributed by atoms with van der Waals surface area (Å²) < 4.78 is 6.69. The molecule has 0 fully saturated rings. The van der Waals surface area contributed by atoms with Gasteiger partial charge in [-0.05, 0) is 25.1 Å². The Bertz CT molecular complexity index is 746. The molecule has 100 valence electrons. The van der Waals surface area contributed by atoms with Crippen molar-refractivity contribution in [1.82, 2.24) is 9.55 Å². The zero-order valence-corrected chi connectivity index (χ0v) is 11.2. The third kappa shape index (κ3) is 2.94. The smallest absolute Gasteiger partial charge is 0.330 e. The fourth-order valence-electron chi connectivity index (χ4n) is 1.71. The maximum Gasteiger partial charge on any atom is 0.330 e. The quantitative estimate of drug-likeness (QED) is 0.870. The van der Waals surface area contributed by atoms with Gasteiger partial charge in [-0.15, -0.1) is 0 Å². The van der Waals surface area contributed by atoms with Crippen molar-refractivity contribution in [2.75, 3.05) is 6.61 Å². The monoisotopic (exact) mass is 280 g/mol. The first kappa shape index (κ1) is 13.6. The molecule has 0 radical (unpaired) electrons. The molecular formula is C13H13ClN2O3. The fourth-order valence-corrected chi connectivity index (χ4v) is 1.88. The first-order valence-corrected chi connectivity index (χ1v) is 6.01. The molecule has 0 saturated heterocycles. The van der Waals surface area contributed by atoms with Crippen LogP contribution in [0.5, 0.6) is 0 Å². The number of aromatic amines is 1. The minimum atomic E-state index is -0.512. The number of nitrogens with one attached hydrogen (secondary N) is 1. The number of hydrogen-bond donors (Lipinski definition) is 1. The average molecular weight is 281 g/mol. The van der Waals surface area contributed by atoms with Gasteiger partial charge in [0.15, 0.2) is 0 Å². The maximum atomic E-state index is 11.8. The molecule has 0 amide bonds. The molecule has 1 N–H and O–H groups in total. The second-order valence-electron chi connectivity index (χ2n) is 4.28. The lowest BCUT2D eigenvalue weighted by Gasteiger charge is -2.10. The Balaban J connectivity index is 2.51. The molecule has 0 aliphatic heterocycles. The molecule has 0 atom stereocenters. The SMILES string of the molecule is C=C(C)COCn1c(=O)[nH]c(=O)c2cc(Cl)ccc21. The van der Waals surface area contributed by atoms with Crippen molar-refractivity contribution in [1.29, 1.82) is 0 Å². The highest BCUT2D eigenvalue weighted by atomic mass is 35.5. The van der Waals surface area contributed by atoms with Crippen LogP contribution in [0.25, 0.3) is 10.9 Å². The maximum absolute atomic E-state index is 11.8. The van der Waals surface area contributed by atoms with E-state index in [2.05, 4.69) is 11.6 Å². The van der Waals surface area contributed by atoms with E-state index in [0.717, 1.165) is 5.57 Å². The standard InChI is InChI=1S/C13H13ClN2O3/c1-8(2)6-19-7-16-11-4-3-9(14)5-10(11)12(17)15-13(16)18/h3-5H,1,6-7H2,2H3,(H,15,17,18). The van der Waals surface area contributed by atoms with Crippen molar-refractivity contribution >= 4 is 22.5 Å². The number of ether oxygens (including phenoxy) is 1. The van der Waals surface area contributed by atoms with Gasteiger partial charge < -0.3 is 4.74 Å². The number of fused-ring (bicyclic) bond motifs is 1. The number of rotatable bonds is 4. The summed E-state index contributed by atoms with van der Waals surface area (Å²) in [6.07, 6.45) is 0. The molecule has 0 bridgehead atoms. The Kier molecular flexibility index (Phi) is 3.87. The second-order valence-corrected chi connectivity index (χ2v) is 4.72. The zero-order chi connectivity index (χ0) is 14.0. The summed E-state index contributed by atoms with van der Waals surface area (Å²) in [7, 11) is 0. The molecule has 1 heterocycles. The lowest BCUT2D eigenvalue weighted by Crippen LogP contribution is -2.31. The molecule has 0 saturated carbocycles. The van der Waals surface area contributed by atoms with Crippen LogP contribution in [0.3, 0.4) is 0 Å². The van der Waals surface area contributed by atoms with E-state index in [1.165, 1.54) is 10.6 Å². The fraction of sp³-hybridized carbons (Fsp3) is 0.231. The van der Waals surface area contributed by atoms with Crippen molar-refractivity contribution in [2.24, 2.45) is 0 Å². The highest BCUT2D eigenvalue weighted by molar-refractivity contribution is 6.31. The highest BCUT2D eigenvalue weighted by Crippen LogP contribution is 2.14. The summed E-state index contributed by atoms with van der Waals surface area (Å²) in [5, 5.41) is 0.789. The summed E-state index contributed by atoms with van der Waals surface area (Å²) >= 11 is 5.85. The van der Waals surface area contributed by atoms with E-state index < -0.39 is 11.2 Å². The molecule has 0 unspecified atom stereocenters. The molecule has 1 aromatic carbocycles. The van der Waals surface area contributed by atoms with Crippen LogP contribution in [0.15, 0.2) is 39.9 Å². The first-order chi connectivity index (χ1) is 8.99. The minimum absolute atomic E-state index is 0.0423. The number of aromatic nitrogens is 2. The highest BCUT2D eigenvalue weighted by Gasteiger charge is 2.07. The molecule has 19 heavy (non-hydrogen) atoms. The van der Waals surface area contributed by atoms with Crippen LogP contribution in [0.1, 0.15) is 6.92 Å². The number of halogens is 1. The molecular weight excluding hydrogens is 268 g/mol. The van der Waals surface area contributed by atoms with Gasteiger partial charge in [-0.1, -0.05) is 23.8 Å². The van der Waals surface area contributed by atoms with E-state index in [-0.39, 0.29) is 6.73 Å². The Morgan fingerprint density at radius 3 is 2.89 bits per heavy atom. The van der Waals surface area contributed by atoms with Gasteiger partial charge in [0.25, 0.3) is 5.56 Å². The Labute approximate surface area is 114 Å². The van der Waals surface area contributed by atoms with Gasteiger partial charge in [0, 0.05) is 5.02 Å². The number of benzene rings is 1. The predicted molar refractivity (Wildman–Crippen MR) is 74.6 cm³/mol. The third-order valence-corrected chi connectivity index (χ3v) is 2.76. The van der Waals surface area contributed by atoms with Gasteiger partial charge in [-0.25, -0.2) is 4.79 Å². The van der Waals surface area contributed by atoms with Gasteiger partial charge in [-0.2, -0.15) is 0 Å². The minimum Gasteiger partial charge on any atom is -0.356 e. The van der Waals surface area contributed by atoms with E-state index in [1.807, 2.05) is 6.92 Å². The van der Waals surface area contributed by atoms with Gasteiger partial charge in [0.05, 0.1) is 17.5 Å². The Hall–Kier alpha value is -1.85. The molecule has 6 heteroatoms. The van der Waals surface area contributed by atoms with Gasteiger partial charge in [-0.3, -0.25) is 14.3 Å². The first-order valence-electron chi connectivity index (χ1n) is 5.63. The van der Waals surface area contributed by atoms with Crippen LogP contribution in [-0.4, -0.2) is 16.2 Å². The summed E-state index contributed by atoms with van der Waals surface area (Å²) in [6, 6.07) is 4.76. The van der Waals surface area contributed by atoms with E-state index in [0.29, 0.717) is 22.5 Å². The number of hydrogen-bond acceptors (Lipinski definition) is 3. The molecule has 0 aliphatic rings. The molecule has 2 aromatic rings. The van der Waals surface area contributed by atoms with Crippen molar-refractivity contribution in [3.8, 4) is 0 Å². The largest absolute Gasteiger partial charge is 0.356 e. The molecule has 0 spiro atoms. The van der Waals surface area contributed by atoms with E-state index >= 15 is 0 Å². The lowest BCUT2D eigenvalue weighted by molar-refractivity contribution is 0.0950. The van der Waals surface area contributed by atoms with Crippen LogP contribution in [0, 0.1) is 0 Å². The van der Waals surface area contributed by atoms with E-state index in [4.69, 9.17) is 16.3 Å². The lowest BCUT2D eigenvalue weighted by atomic mass is 10.2. The summed E-state index contributed by atoms with van der Waals surface area (Å²) in [5.41, 5.74) is 0.366. The van der Waals surface area contributed by atoms with Crippen LogP contribution in [-0.2, 0) is 11.5 Å². The van der Waals surface area contributed by atoms with Crippen LogP contribution >= 0.6 is 11.6 Å². The number of nitrogens with zero attached hydrogens (tertiary/aromatic N) is 1. The summed E-state index contributed by atoms with van der Waals surface area (Å²) in [6.45, 7) is 5.93. The van der Waals surface area contributed by atoms with Crippen LogP contribution < -0.4 is 11.2 Å². The zero-order valence-electron chi connectivity index (χ0n) is 10.4. The Morgan fingerprint density at radius 1 is 1.47 bits per heavy atom. The number of H-pyrrole nitrogens is 1. The normalized spacial score (nSPS) is 10.8. The predicted octanol–water partition coefficient (Wildman–Crippen LogP) is 1.89. The van der Waals surface area contributed by atoms with Gasteiger partial charge in [0.1, 0.15) is 6.73 Å². The average Bonchev–Trinajstić information content (AvgIpc) is 2.33. The van der Waals surface area contributed by atoms with Crippen molar-refractivity contribution < 1.29 is 4.74 Å². The molecule has 0 aliphatic carbocycles. The summed E-state index contributed by atoms with van der Waals surface area (Å²) in [5.74, 6) is 0. The van der Waals surface area contributed by atoms with E-state index in [1.54, 1.807) is 12.1 Å². The molecule has 1 aromatic heterocycles. The van der Waals surface area contributed by atoms with Crippen LogP contribution in [0.4, 0.5) is 0 Å². The summed E-state index contributed by atoms with van der Waals surface area (Å²) in [4.78, 5) is 25.7. The second kappa shape index (κ2) is 5.42. The van der Waals surface area contributed by atoms with Crippen LogP contribution in [0.2, 0.25) is 5.02 Å². The van der Waals surface area contributed by atoms with Gasteiger partial charge >= 0.3 is 5.69 Å².